The van der Waals surface area contributed by atoms with Crippen molar-refractivity contribution in [2.75, 3.05) is 0 Å². The zero-order valence-corrected chi connectivity index (χ0v) is 21.5. The van der Waals surface area contributed by atoms with Crippen LogP contribution in [0.2, 0.25) is 9.26 Å². The van der Waals surface area contributed by atoms with Gasteiger partial charge in [-0.15, -0.1) is 24.8 Å². The maximum atomic E-state index is 2.70. The summed E-state index contributed by atoms with van der Waals surface area (Å²) >= 11 is -2.92. The number of allylic oxidation sites excluding steroid dienone is 8. The fourth-order valence-electron chi connectivity index (χ4n) is 4.17. The first-order valence-electron chi connectivity index (χ1n) is 9.24. The number of hydrogen-bond donors (Lipinski definition) is 0. The average molecular weight is 467 g/mol. The Morgan fingerprint density at radius 3 is 1.54 bits per heavy atom. The molecule has 0 spiro atoms. The van der Waals surface area contributed by atoms with E-state index in [9.17, 15) is 0 Å². The fraction of sp³-hybridized carbons (Fsp3) is 0.600. The Hall–Kier alpha value is 0.640. The second-order valence-electron chi connectivity index (χ2n) is 8.11. The van der Waals surface area contributed by atoms with Crippen LogP contribution in [0.5, 0.6) is 0 Å². The first-order chi connectivity index (χ1) is 10.4. The first-order valence-corrected chi connectivity index (χ1v) is 22.5. The van der Waals surface area contributed by atoms with Crippen molar-refractivity contribution in [3.63, 3.8) is 0 Å². The Labute approximate surface area is 164 Å². The van der Waals surface area contributed by atoms with Gasteiger partial charge in [0.2, 0.25) is 0 Å². The van der Waals surface area contributed by atoms with Crippen molar-refractivity contribution in [1.82, 2.24) is 0 Å². The van der Waals surface area contributed by atoms with Gasteiger partial charge in [0.15, 0.2) is 0 Å². The third-order valence-corrected chi connectivity index (χ3v) is 22.7. The van der Waals surface area contributed by atoms with E-state index in [1.54, 1.807) is 11.1 Å². The minimum Gasteiger partial charge on any atom is -0.147 e. The van der Waals surface area contributed by atoms with Crippen LogP contribution in [0.25, 0.3) is 0 Å². The summed E-state index contributed by atoms with van der Waals surface area (Å²) in [5, 5.41) is 0. The van der Waals surface area contributed by atoms with E-state index in [0.29, 0.717) is 0 Å². The number of hydrogen-bond acceptors (Lipinski definition) is 0. The second-order valence-corrected chi connectivity index (χ2v) is 36.8. The summed E-state index contributed by atoms with van der Waals surface area (Å²) in [5.41, 5.74) is 3.42. The van der Waals surface area contributed by atoms with E-state index in [0.717, 1.165) is 0 Å². The van der Waals surface area contributed by atoms with E-state index in [1.165, 1.54) is 51.4 Å². The monoisotopic (exact) mass is 464 g/mol. The number of halogens is 2. The van der Waals surface area contributed by atoms with Crippen LogP contribution >= 0.6 is 24.8 Å². The van der Waals surface area contributed by atoms with Crippen LogP contribution in [0.3, 0.4) is 0 Å². The Morgan fingerprint density at radius 2 is 1.21 bits per heavy atom. The average Bonchev–Trinajstić information content (AvgIpc) is 3.12. The van der Waals surface area contributed by atoms with Gasteiger partial charge in [-0.05, 0) is 0 Å². The van der Waals surface area contributed by atoms with E-state index in [2.05, 4.69) is 54.3 Å². The summed E-state index contributed by atoms with van der Waals surface area (Å²) in [7, 11) is 0. The van der Waals surface area contributed by atoms with Gasteiger partial charge < -0.3 is 0 Å². The van der Waals surface area contributed by atoms with Crippen LogP contribution in [0.1, 0.15) is 65.2 Å². The Bertz CT molecular complexity index is 570. The molecule has 138 valence electrons. The van der Waals surface area contributed by atoms with E-state index in [4.69, 9.17) is 0 Å². The summed E-state index contributed by atoms with van der Waals surface area (Å²) in [5.74, 6) is 0. The molecule has 0 aromatic heterocycles. The minimum atomic E-state index is -2.92. The second kappa shape index (κ2) is 10.1. The van der Waals surface area contributed by atoms with Crippen molar-refractivity contribution in [1.29, 1.82) is 0 Å². The van der Waals surface area contributed by atoms with E-state index >= 15 is 0 Å². The Morgan fingerprint density at radius 1 is 0.833 bits per heavy atom. The largest absolute Gasteiger partial charge is 0.147 e. The summed E-state index contributed by atoms with van der Waals surface area (Å²) < 4.78 is 9.17. The molecule has 0 heterocycles. The van der Waals surface area contributed by atoms with Crippen molar-refractivity contribution < 1.29 is 17.4 Å². The number of rotatable bonds is 8. The van der Waals surface area contributed by atoms with Crippen LogP contribution in [0, 0.1) is 0 Å². The molecule has 2 aliphatic carbocycles. The fourth-order valence-corrected chi connectivity index (χ4v) is 19.3. The predicted octanol–water partition coefficient (Wildman–Crippen LogP) is 6.97. The van der Waals surface area contributed by atoms with E-state index in [-0.39, 0.29) is 24.8 Å². The number of unbranched alkanes of at least 4 members (excludes halogenated alkanes) is 2. The van der Waals surface area contributed by atoms with Gasteiger partial charge in [-0.3, -0.25) is 0 Å². The van der Waals surface area contributed by atoms with Crippen LogP contribution in [0.4, 0.5) is 0 Å². The third kappa shape index (κ3) is 5.32. The van der Waals surface area contributed by atoms with E-state index < -0.39 is 17.4 Å². The van der Waals surface area contributed by atoms with Crippen molar-refractivity contribution in [2.24, 2.45) is 0 Å². The minimum absolute atomic E-state index is 0. The smallest absolute Gasteiger partial charge is 0.147 e. The molecule has 0 fully saturated rings. The molecule has 0 radical (unpaired) electrons. The molecule has 0 N–H and O–H groups in total. The summed E-state index contributed by atoms with van der Waals surface area (Å²) in [6.07, 6.45) is 20.2. The molecule has 0 saturated carbocycles. The van der Waals surface area contributed by atoms with Gasteiger partial charge in [-0.2, -0.15) is 0 Å². The zero-order chi connectivity index (χ0) is 16.2. The van der Waals surface area contributed by atoms with Crippen molar-refractivity contribution in [2.45, 2.75) is 74.5 Å². The standard InChI is InChI=1S/2C9H13.2CH3.2ClH.H2Si.Zr/c2*1-2-3-6-9-7-4-5-8-9;;;;;;/h2*4,7H,2-3,5-6H2,1H3;2*1H3;2*1H;1H2;. The van der Waals surface area contributed by atoms with Crippen molar-refractivity contribution in [3.8, 4) is 0 Å². The first kappa shape index (κ1) is 24.6. The van der Waals surface area contributed by atoms with Gasteiger partial charge in [0.25, 0.3) is 0 Å². The molecule has 2 aliphatic rings. The molecule has 4 heteroatoms. The molecule has 0 aromatic rings. The molecule has 0 amide bonds. The Balaban J connectivity index is 0.00000264. The molecule has 0 bridgehead atoms. The predicted molar refractivity (Wildman–Crippen MR) is 115 cm³/mol. The molecule has 0 aromatic carbocycles. The third-order valence-electron chi connectivity index (χ3n) is 5.59. The summed E-state index contributed by atoms with van der Waals surface area (Å²) in [6.45, 7) is 7.04. The van der Waals surface area contributed by atoms with Gasteiger partial charge in [-0.1, -0.05) is 0 Å². The molecule has 0 nitrogen and oxygen atoms in total. The van der Waals surface area contributed by atoms with Crippen LogP contribution in [-0.4, -0.2) is 6.88 Å². The van der Waals surface area contributed by atoms with Gasteiger partial charge >= 0.3 is 141 Å². The molecular formula is C20H36Cl2SiZr. The molecule has 24 heavy (non-hydrogen) atoms. The van der Waals surface area contributed by atoms with Gasteiger partial charge in [-0.25, -0.2) is 0 Å². The van der Waals surface area contributed by atoms with Crippen LogP contribution in [0.15, 0.2) is 42.0 Å². The maximum Gasteiger partial charge on any atom is -0.147 e. The zero-order valence-electron chi connectivity index (χ0n) is 16.0. The topological polar surface area (TPSA) is 0 Å². The maximum absolute atomic E-state index is 2.92. The molecule has 2 rings (SSSR count). The normalized spacial score (nSPS) is 17.4. The van der Waals surface area contributed by atoms with Gasteiger partial charge in [0.1, 0.15) is 0 Å². The summed E-state index contributed by atoms with van der Waals surface area (Å²) in [4.78, 5) is 0. The van der Waals surface area contributed by atoms with Crippen LogP contribution in [-0.2, 0) is 17.4 Å². The van der Waals surface area contributed by atoms with E-state index in [1.807, 2.05) is 6.56 Å². The quantitative estimate of drug-likeness (QED) is 0.339. The summed E-state index contributed by atoms with van der Waals surface area (Å²) in [6, 6.07) is 0. The van der Waals surface area contributed by atoms with Crippen molar-refractivity contribution in [3.05, 3.63) is 42.0 Å². The SMILES string of the molecule is CCCCC1=[C]([Zr]([CH3])([CH3])(=[SiH2])[C]2=C(CCCC)C=CC2)CC=C1.Cl.Cl. The van der Waals surface area contributed by atoms with Crippen LogP contribution < -0.4 is 0 Å². The van der Waals surface area contributed by atoms with Gasteiger partial charge in [0.05, 0.1) is 0 Å². The molecule has 0 unspecified atom stereocenters. The van der Waals surface area contributed by atoms with Crippen molar-refractivity contribution >= 4 is 31.7 Å². The molecule has 0 aliphatic heterocycles. The molecule has 0 saturated heterocycles. The molecular weight excluding hydrogens is 430 g/mol. The van der Waals surface area contributed by atoms with Gasteiger partial charge in [0, 0.05) is 0 Å². The molecule has 0 atom stereocenters. The Kier molecular flexibility index (Phi) is 10.4.